The van der Waals surface area contributed by atoms with E-state index in [1.165, 1.54) is 0 Å². The summed E-state index contributed by atoms with van der Waals surface area (Å²) >= 11 is 0. The van der Waals surface area contributed by atoms with Gasteiger partial charge in [0, 0.05) is 6.42 Å². The molecule has 0 saturated heterocycles. The van der Waals surface area contributed by atoms with Gasteiger partial charge in [-0.15, -0.1) is 0 Å². The fourth-order valence-electron chi connectivity index (χ4n) is 4.67. The Hall–Kier alpha value is -3.33. The van der Waals surface area contributed by atoms with Crippen LogP contribution in [0.15, 0.2) is 109 Å². The van der Waals surface area contributed by atoms with Crippen LogP contribution in [-0.4, -0.2) is 74.9 Å². The predicted octanol–water partition coefficient (Wildman–Crippen LogP) is 11.6. The first kappa shape index (κ1) is 52.7. The van der Waals surface area contributed by atoms with Gasteiger partial charge in [0.15, 0.2) is 6.10 Å². The van der Waals surface area contributed by atoms with Crippen LogP contribution in [0.3, 0.4) is 0 Å². The molecule has 1 N–H and O–H groups in total. The summed E-state index contributed by atoms with van der Waals surface area (Å²) in [6.07, 6.45) is 50.3. The van der Waals surface area contributed by atoms with Crippen LogP contribution < -0.4 is 0 Å². The van der Waals surface area contributed by atoms with Gasteiger partial charge in [0.05, 0.1) is 34.2 Å². The monoisotopic (exact) mass is 801 g/mol. The minimum Gasteiger partial charge on any atom is -0.462 e. The minimum absolute atomic E-state index is 0.00420. The molecule has 2 atom stereocenters. The summed E-state index contributed by atoms with van der Waals surface area (Å²) in [6, 6.07) is 0. The fourth-order valence-corrected chi connectivity index (χ4v) is 5.41. The van der Waals surface area contributed by atoms with E-state index in [1.54, 1.807) is 6.08 Å². The van der Waals surface area contributed by atoms with E-state index in [-0.39, 0.29) is 26.1 Å². The SMILES string of the molecule is CC/C=C\C/C=C\C/C=C\C/C=C\C/C=C\CC(=O)OC(COC(=O)CCCCCC/C=C\C/C=C\C/C=C\C/C=C\CC)COP(=O)(O)OCC[N+](C)(C)C. The van der Waals surface area contributed by atoms with Crippen LogP contribution in [0.4, 0.5) is 0 Å². The molecule has 10 heteroatoms. The third-order valence-corrected chi connectivity index (χ3v) is 8.82. The van der Waals surface area contributed by atoms with Gasteiger partial charge >= 0.3 is 19.8 Å². The second-order valence-electron chi connectivity index (χ2n) is 14.3. The average molecular weight is 801 g/mol. The molecule has 0 aromatic rings. The van der Waals surface area contributed by atoms with E-state index in [1.807, 2.05) is 33.3 Å². The molecule has 0 aliphatic carbocycles. The lowest BCUT2D eigenvalue weighted by molar-refractivity contribution is -0.870. The summed E-state index contributed by atoms with van der Waals surface area (Å²) in [4.78, 5) is 35.2. The molecule has 0 saturated carbocycles. The zero-order valence-electron chi connectivity index (χ0n) is 35.3. The molecule has 0 aliphatic heterocycles. The standard InChI is InChI=1S/C46H74NO8P/c1-6-8-10-12-14-16-18-20-22-23-25-26-28-30-32-34-36-38-45(48)52-42-44(43-54-56(50,51)53-41-40-47(3,4)5)55-46(49)39-37-35-33-31-29-27-24-21-19-17-15-13-11-9-7-2/h8-11,14-17,20-22,24-26,29,31,35,37,44H,6-7,12-13,18-19,23,27-28,30,32-34,36,38-43H2,1-5H3/p+1/b10-8-,11-9-,16-14-,17-15-,22-20-,24-21-,26-25-,31-29-,37-35-. The Morgan fingerprint density at radius 2 is 1.02 bits per heavy atom. The molecule has 0 aliphatic rings. The molecule has 0 fully saturated rings. The first-order valence-electron chi connectivity index (χ1n) is 20.6. The van der Waals surface area contributed by atoms with Gasteiger partial charge < -0.3 is 18.9 Å². The van der Waals surface area contributed by atoms with E-state index < -0.39 is 32.5 Å². The number of rotatable bonds is 35. The zero-order valence-corrected chi connectivity index (χ0v) is 36.2. The smallest absolute Gasteiger partial charge is 0.462 e. The van der Waals surface area contributed by atoms with E-state index >= 15 is 0 Å². The molecular weight excluding hydrogens is 725 g/mol. The summed E-state index contributed by atoms with van der Waals surface area (Å²) in [6.45, 7) is 4.01. The zero-order chi connectivity index (χ0) is 41.4. The second kappa shape index (κ2) is 37.3. The number of nitrogens with zero attached hydrogens (tertiary/aromatic N) is 1. The van der Waals surface area contributed by atoms with Crippen LogP contribution in [-0.2, 0) is 32.7 Å². The summed E-state index contributed by atoms with van der Waals surface area (Å²) in [7, 11) is 1.38. The average Bonchev–Trinajstić information content (AvgIpc) is 3.15. The van der Waals surface area contributed by atoms with Gasteiger partial charge in [-0.05, 0) is 77.0 Å². The highest BCUT2D eigenvalue weighted by Gasteiger charge is 2.26. The quantitative estimate of drug-likeness (QED) is 0.0222. The first-order valence-corrected chi connectivity index (χ1v) is 22.1. The van der Waals surface area contributed by atoms with Crippen molar-refractivity contribution in [2.75, 3.05) is 47.5 Å². The van der Waals surface area contributed by atoms with E-state index in [2.05, 4.69) is 105 Å². The molecule has 316 valence electrons. The lowest BCUT2D eigenvalue weighted by Gasteiger charge is -2.24. The number of phosphoric ester groups is 1. The molecule has 0 bridgehead atoms. The van der Waals surface area contributed by atoms with Gasteiger partial charge in [-0.1, -0.05) is 136 Å². The molecule has 9 nitrogen and oxygen atoms in total. The summed E-state index contributed by atoms with van der Waals surface area (Å²) in [5, 5.41) is 0. The lowest BCUT2D eigenvalue weighted by atomic mass is 10.1. The number of carbonyl (C=O) groups excluding carboxylic acids is 2. The Kier molecular flexibility index (Phi) is 35.0. The molecule has 0 rings (SSSR count). The summed E-state index contributed by atoms with van der Waals surface area (Å²) in [5.41, 5.74) is 0. The van der Waals surface area contributed by atoms with Gasteiger partial charge in [0.2, 0.25) is 0 Å². The Morgan fingerprint density at radius 1 is 0.571 bits per heavy atom. The van der Waals surface area contributed by atoms with Crippen molar-refractivity contribution in [2.24, 2.45) is 0 Å². The fraction of sp³-hybridized carbons (Fsp3) is 0.565. The normalized spacial score (nSPS) is 14.8. The maximum absolute atomic E-state index is 12.6. The van der Waals surface area contributed by atoms with Crippen LogP contribution in [0.1, 0.15) is 117 Å². The number of allylic oxidation sites excluding steroid dienone is 17. The number of hydrogen-bond acceptors (Lipinski definition) is 7. The Labute approximate surface area is 340 Å². The van der Waals surface area contributed by atoms with Crippen molar-refractivity contribution in [1.82, 2.24) is 0 Å². The topological polar surface area (TPSA) is 108 Å². The highest BCUT2D eigenvalue weighted by Crippen LogP contribution is 2.43. The number of phosphoric acid groups is 1. The number of quaternary nitrogens is 1. The lowest BCUT2D eigenvalue weighted by Crippen LogP contribution is -2.37. The molecule has 0 aromatic carbocycles. The van der Waals surface area contributed by atoms with Crippen molar-refractivity contribution < 1.29 is 42.1 Å². The van der Waals surface area contributed by atoms with Gasteiger partial charge in [-0.25, -0.2) is 4.57 Å². The van der Waals surface area contributed by atoms with Crippen molar-refractivity contribution in [3.05, 3.63) is 109 Å². The van der Waals surface area contributed by atoms with Gasteiger partial charge in [0.1, 0.15) is 19.8 Å². The van der Waals surface area contributed by atoms with Crippen LogP contribution in [0, 0.1) is 0 Å². The van der Waals surface area contributed by atoms with E-state index in [0.29, 0.717) is 23.9 Å². The van der Waals surface area contributed by atoms with Crippen molar-refractivity contribution >= 4 is 19.8 Å². The number of esters is 2. The highest BCUT2D eigenvalue weighted by atomic mass is 31.2. The number of likely N-dealkylation sites (N-methyl/N-ethyl adjacent to an activating group) is 1. The number of carbonyl (C=O) groups is 2. The third-order valence-electron chi connectivity index (χ3n) is 7.83. The largest absolute Gasteiger partial charge is 0.472 e. The minimum atomic E-state index is -4.41. The number of unbranched alkanes of at least 4 members (excludes halogenated alkanes) is 4. The van der Waals surface area contributed by atoms with Gasteiger partial charge in [-0.3, -0.25) is 18.6 Å². The van der Waals surface area contributed by atoms with Crippen LogP contribution in [0.2, 0.25) is 0 Å². The Balaban J connectivity index is 4.60. The maximum Gasteiger partial charge on any atom is 0.472 e. The van der Waals surface area contributed by atoms with E-state index in [0.717, 1.165) is 77.0 Å². The number of ether oxygens (including phenoxy) is 2. The highest BCUT2D eigenvalue weighted by molar-refractivity contribution is 7.47. The summed E-state index contributed by atoms with van der Waals surface area (Å²) < 4.78 is 34.1. The molecule has 56 heavy (non-hydrogen) atoms. The molecule has 0 spiro atoms. The molecule has 0 amide bonds. The second-order valence-corrected chi connectivity index (χ2v) is 15.7. The van der Waals surface area contributed by atoms with Crippen molar-refractivity contribution in [3.8, 4) is 0 Å². The maximum atomic E-state index is 12.6. The molecular formula is C46H75NO8P+. The molecule has 0 aromatic heterocycles. The number of hydrogen-bond donors (Lipinski definition) is 1. The van der Waals surface area contributed by atoms with Crippen LogP contribution >= 0.6 is 7.82 Å². The van der Waals surface area contributed by atoms with E-state index in [4.69, 9.17) is 18.5 Å². The van der Waals surface area contributed by atoms with Gasteiger partial charge in [0.25, 0.3) is 0 Å². The Bertz CT molecular complexity index is 1320. The van der Waals surface area contributed by atoms with E-state index in [9.17, 15) is 19.0 Å². The molecule has 0 radical (unpaired) electrons. The van der Waals surface area contributed by atoms with Crippen molar-refractivity contribution in [2.45, 2.75) is 123 Å². The third kappa shape index (κ3) is 40.3. The molecule has 0 heterocycles. The first-order chi connectivity index (χ1) is 27.0. The Morgan fingerprint density at radius 3 is 1.50 bits per heavy atom. The van der Waals surface area contributed by atoms with Crippen molar-refractivity contribution in [1.29, 1.82) is 0 Å². The predicted molar refractivity (Wildman–Crippen MR) is 233 cm³/mol. The molecule has 2 unspecified atom stereocenters. The van der Waals surface area contributed by atoms with Crippen molar-refractivity contribution in [3.63, 3.8) is 0 Å². The van der Waals surface area contributed by atoms with Crippen LogP contribution in [0.5, 0.6) is 0 Å². The summed E-state index contributed by atoms with van der Waals surface area (Å²) in [5.74, 6) is -0.989. The van der Waals surface area contributed by atoms with Crippen LogP contribution in [0.25, 0.3) is 0 Å². The van der Waals surface area contributed by atoms with Gasteiger partial charge in [-0.2, -0.15) is 0 Å².